The zero-order valence-electron chi connectivity index (χ0n) is 15.5. The molecular formula is C21H23N3O3. The lowest BCUT2D eigenvalue weighted by Gasteiger charge is -2.14. The van der Waals surface area contributed by atoms with Crippen LogP contribution in [0.2, 0.25) is 0 Å². The number of pyridine rings is 1. The number of nitrogens with zero attached hydrogens (tertiary/aromatic N) is 1. The highest BCUT2D eigenvalue weighted by molar-refractivity contribution is 5.97. The second-order valence-electron chi connectivity index (χ2n) is 6.11. The van der Waals surface area contributed by atoms with Crippen molar-refractivity contribution in [3.8, 4) is 11.5 Å². The predicted molar refractivity (Wildman–Crippen MR) is 105 cm³/mol. The summed E-state index contributed by atoms with van der Waals surface area (Å²) in [4.78, 5) is 17.1. The van der Waals surface area contributed by atoms with Crippen LogP contribution in [0, 0.1) is 6.92 Å². The van der Waals surface area contributed by atoms with Gasteiger partial charge in [-0.15, -0.1) is 0 Å². The predicted octanol–water partition coefficient (Wildman–Crippen LogP) is 2.82. The Morgan fingerprint density at radius 2 is 2.07 bits per heavy atom. The SMILES string of the molecule is COc1ccc(C(=O)NCc2c(C)ccc3ncccc23)c(OCCN)c1. The van der Waals surface area contributed by atoms with Gasteiger partial charge in [-0.25, -0.2) is 0 Å². The molecule has 0 saturated heterocycles. The van der Waals surface area contributed by atoms with Crippen molar-refractivity contribution in [3.63, 3.8) is 0 Å². The Kier molecular flexibility index (Phi) is 5.88. The first-order valence-electron chi connectivity index (χ1n) is 8.76. The highest BCUT2D eigenvalue weighted by Crippen LogP contribution is 2.25. The lowest BCUT2D eigenvalue weighted by Crippen LogP contribution is -2.24. The lowest BCUT2D eigenvalue weighted by atomic mass is 10.0. The van der Waals surface area contributed by atoms with E-state index in [1.165, 1.54) is 0 Å². The molecule has 140 valence electrons. The molecule has 6 nitrogen and oxygen atoms in total. The third kappa shape index (κ3) is 4.17. The molecule has 0 aliphatic carbocycles. The average molecular weight is 365 g/mol. The van der Waals surface area contributed by atoms with Crippen LogP contribution in [0.5, 0.6) is 11.5 Å². The molecule has 0 aliphatic rings. The van der Waals surface area contributed by atoms with Gasteiger partial charge >= 0.3 is 0 Å². The van der Waals surface area contributed by atoms with Crippen LogP contribution in [0.3, 0.4) is 0 Å². The minimum atomic E-state index is -0.218. The Labute approximate surface area is 158 Å². The van der Waals surface area contributed by atoms with Gasteiger partial charge in [-0.3, -0.25) is 9.78 Å². The zero-order valence-corrected chi connectivity index (χ0v) is 15.5. The maximum absolute atomic E-state index is 12.8. The van der Waals surface area contributed by atoms with Crippen LogP contribution in [-0.2, 0) is 6.54 Å². The van der Waals surface area contributed by atoms with Gasteiger partial charge in [0.15, 0.2) is 0 Å². The highest BCUT2D eigenvalue weighted by Gasteiger charge is 2.15. The van der Waals surface area contributed by atoms with E-state index in [2.05, 4.69) is 10.3 Å². The van der Waals surface area contributed by atoms with Crippen molar-refractivity contribution < 1.29 is 14.3 Å². The number of aryl methyl sites for hydroxylation is 1. The van der Waals surface area contributed by atoms with Crippen LogP contribution in [0.15, 0.2) is 48.7 Å². The molecule has 3 rings (SSSR count). The van der Waals surface area contributed by atoms with E-state index in [9.17, 15) is 4.79 Å². The molecule has 3 N–H and O–H groups in total. The second-order valence-corrected chi connectivity index (χ2v) is 6.11. The first-order chi connectivity index (χ1) is 13.1. The maximum Gasteiger partial charge on any atom is 0.255 e. The molecule has 1 amide bonds. The van der Waals surface area contributed by atoms with Gasteiger partial charge < -0.3 is 20.5 Å². The van der Waals surface area contributed by atoms with E-state index < -0.39 is 0 Å². The summed E-state index contributed by atoms with van der Waals surface area (Å²) in [5.41, 5.74) is 9.02. The molecule has 0 radical (unpaired) electrons. The Morgan fingerprint density at radius 1 is 1.22 bits per heavy atom. The molecule has 1 aromatic heterocycles. The average Bonchev–Trinajstić information content (AvgIpc) is 2.71. The topological polar surface area (TPSA) is 86.5 Å². The summed E-state index contributed by atoms with van der Waals surface area (Å²) in [6.07, 6.45) is 1.76. The van der Waals surface area contributed by atoms with E-state index in [0.717, 1.165) is 22.0 Å². The van der Waals surface area contributed by atoms with Gasteiger partial charge in [0.05, 0.1) is 18.2 Å². The standard InChI is InChI=1S/C21H23N3O3/c1-14-5-8-19-16(4-3-10-23-19)18(14)13-24-21(25)17-7-6-15(26-2)12-20(17)27-11-9-22/h3-8,10,12H,9,11,13,22H2,1-2H3,(H,24,25). The number of carbonyl (C=O) groups excluding carboxylic acids is 1. The van der Waals surface area contributed by atoms with E-state index in [-0.39, 0.29) is 5.91 Å². The number of nitrogens with one attached hydrogen (secondary N) is 1. The molecule has 2 aromatic carbocycles. The number of amides is 1. The summed E-state index contributed by atoms with van der Waals surface area (Å²) in [7, 11) is 1.57. The van der Waals surface area contributed by atoms with Gasteiger partial charge in [-0.2, -0.15) is 0 Å². The van der Waals surface area contributed by atoms with Gasteiger partial charge in [-0.1, -0.05) is 12.1 Å². The largest absolute Gasteiger partial charge is 0.497 e. The van der Waals surface area contributed by atoms with Gasteiger partial charge in [0.1, 0.15) is 18.1 Å². The van der Waals surface area contributed by atoms with E-state index in [0.29, 0.717) is 36.8 Å². The Balaban J connectivity index is 1.83. The van der Waals surface area contributed by atoms with Crippen molar-refractivity contribution in [2.24, 2.45) is 5.73 Å². The number of rotatable bonds is 7. The minimum Gasteiger partial charge on any atom is -0.497 e. The van der Waals surface area contributed by atoms with E-state index in [4.69, 9.17) is 15.2 Å². The molecule has 0 bridgehead atoms. The van der Waals surface area contributed by atoms with Crippen LogP contribution < -0.4 is 20.5 Å². The minimum absolute atomic E-state index is 0.218. The van der Waals surface area contributed by atoms with Crippen LogP contribution in [-0.4, -0.2) is 31.2 Å². The van der Waals surface area contributed by atoms with Gasteiger partial charge in [0, 0.05) is 30.7 Å². The first kappa shape index (κ1) is 18.7. The van der Waals surface area contributed by atoms with Crippen molar-refractivity contribution in [3.05, 3.63) is 65.4 Å². The van der Waals surface area contributed by atoms with Crippen molar-refractivity contribution in [1.82, 2.24) is 10.3 Å². The number of nitrogens with two attached hydrogens (primary N) is 1. The van der Waals surface area contributed by atoms with Crippen LogP contribution >= 0.6 is 0 Å². The third-order valence-electron chi connectivity index (χ3n) is 4.37. The summed E-state index contributed by atoms with van der Waals surface area (Å²) >= 11 is 0. The molecule has 0 unspecified atom stereocenters. The number of methoxy groups -OCH3 is 1. The highest BCUT2D eigenvalue weighted by atomic mass is 16.5. The summed E-state index contributed by atoms with van der Waals surface area (Å²) in [5.74, 6) is 0.855. The molecule has 0 saturated carbocycles. The molecule has 0 atom stereocenters. The monoisotopic (exact) mass is 365 g/mol. The summed E-state index contributed by atoms with van der Waals surface area (Å²) in [6, 6.07) is 13.0. The van der Waals surface area contributed by atoms with E-state index >= 15 is 0 Å². The Morgan fingerprint density at radius 3 is 2.85 bits per heavy atom. The zero-order chi connectivity index (χ0) is 19.2. The summed E-state index contributed by atoms with van der Waals surface area (Å²) < 4.78 is 10.8. The molecule has 1 heterocycles. The van der Waals surface area contributed by atoms with Crippen LogP contribution in [0.25, 0.3) is 10.9 Å². The van der Waals surface area contributed by atoms with Gasteiger partial charge in [0.2, 0.25) is 0 Å². The molecule has 6 heteroatoms. The van der Waals surface area contributed by atoms with Crippen LogP contribution in [0.1, 0.15) is 21.5 Å². The van der Waals surface area contributed by atoms with Crippen molar-refractivity contribution >= 4 is 16.8 Å². The van der Waals surface area contributed by atoms with Gasteiger partial charge in [-0.05, 0) is 42.3 Å². The smallest absolute Gasteiger partial charge is 0.255 e. The third-order valence-corrected chi connectivity index (χ3v) is 4.37. The normalized spacial score (nSPS) is 10.6. The van der Waals surface area contributed by atoms with Crippen molar-refractivity contribution in [2.45, 2.75) is 13.5 Å². The Bertz CT molecular complexity index is 957. The molecule has 0 fully saturated rings. The molecule has 3 aromatic rings. The summed E-state index contributed by atoms with van der Waals surface area (Å²) in [6.45, 7) is 3.11. The van der Waals surface area contributed by atoms with Crippen LogP contribution in [0.4, 0.5) is 0 Å². The number of ether oxygens (including phenoxy) is 2. The number of aromatic nitrogens is 1. The lowest BCUT2D eigenvalue weighted by molar-refractivity contribution is 0.0947. The van der Waals surface area contributed by atoms with E-state index in [1.807, 2.05) is 31.2 Å². The summed E-state index contributed by atoms with van der Waals surface area (Å²) in [5, 5.41) is 4.02. The molecule has 0 spiro atoms. The molecule has 27 heavy (non-hydrogen) atoms. The fraction of sp³-hybridized carbons (Fsp3) is 0.238. The number of fused-ring (bicyclic) bond motifs is 1. The maximum atomic E-state index is 12.8. The second kappa shape index (κ2) is 8.51. The van der Waals surface area contributed by atoms with Crippen molar-refractivity contribution in [1.29, 1.82) is 0 Å². The number of benzene rings is 2. The quantitative estimate of drug-likeness (QED) is 0.672. The fourth-order valence-electron chi connectivity index (χ4n) is 2.93. The molecule has 0 aliphatic heterocycles. The first-order valence-corrected chi connectivity index (χ1v) is 8.76. The van der Waals surface area contributed by atoms with E-state index in [1.54, 1.807) is 31.5 Å². The van der Waals surface area contributed by atoms with Gasteiger partial charge in [0.25, 0.3) is 5.91 Å². The number of hydrogen-bond donors (Lipinski definition) is 2. The van der Waals surface area contributed by atoms with Crippen molar-refractivity contribution in [2.75, 3.05) is 20.3 Å². The number of carbonyl (C=O) groups is 1. The number of hydrogen-bond acceptors (Lipinski definition) is 5. The fourth-order valence-corrected chi connectivity index (χ4v) is 2.93. The molecular weight excluding hydrogens is 342 g/mol. The Hall–Kier alpha value is -3.12.